The molecule has 3 aromatic rings. The minimum atomic E-state index is -2.63. The molecule has 4 aliphatic rings. The van der Waals surface area contributed by atoms with Crippen molar-refractivity contribution in [1.29, 1.82) is 0 Å². The van der Waals surface area contributed by atoms with Crippen LogP contribution in [0.5, 0.6) is 0 Å². The van der Waals surface area contributed by atoms with Crippen LogP contribution in [0.4, 0.5) is 25.1 Å². The summed E-state index contributed by atoms with van der Waals surface area (Å²) in [5, 5.41) is 9.65. The molecule has 2 aromatic heterocycles. The number of benzene rings is 1. The molecule has 7 rings (SSSR count). The zero-order chi connectivity index (χ0) is 24.9. The molecule has 1 aromatic carbocycles. The van der Waals surface area contributed by atoms with Gasteiger partial charge in [0.15, 0.2) is 11.6 Å². The summed E-state index contributed by atoms with van der Waals surface area (Å²) in [5.74, 6) is -1.05. The van der Waals surface area contributed by atoms with Crippen LogP contribution in [0.1, 0.15) is 31.2 Å². The first kappa shape index (κ1) is 22.3. The third-order valence-electron chi connectivity index (χ3n) is 8.01. The Morgan fingerprint density at radius 1 is 0.944 bits per heavy atom. The average molecular weight is 517 g/mol. The smallest absolute Gasteiger partial charge is 0.251 e. The quantitative estimate of drug-likeness (QED) is 0.526. The van der Waals surface area contributed by atoms with E-state index in [4.69, 9.17) is 11.6 Å². The van der Waals surface area contributed by atoms with Gasteiger partial charge in [-0.15, -0.1) is 10.2 Å². The number of nitrogens with zero attached hydrogens (tertiary/aromatic N) is 8. The molecular formula is C24H24ClF3N8. The van der Waals surface area contributed by atoms with Gasteiger partial charge in [0.2, 0.25) is 11.9 Å². The number of halogens is 4. The molecule has 36 heavy (non-hydrogen) atoms. The summed E-state index contributed by atoms with van der Waals surface area (Å²) in [4.78, 5) is 14.5. The van der Waals surface area contributed by atoms with Gasteiger partial charge in [0, 0.05) is 61.5 Å². The molecule has 2 saturated heterocycles. The molecule has 1 saturated carbocycles. The number of fused-ring (bicyclic) bond motifs is 3. The van der Waals surface area contributed by atoms with E-state index in [1.165, 1.54) is 12.4 Å². The van der Waals surface area contributed by atoms with E-state index < -0.39 is 17.3 Å². The van der Waals surface area contributed by atoms with Crippen LogP contribution in [0, 0.1) is 11.2 Å². The van der Waals surface area contributed by atoms with Gasteiger partial charge in [0.25, 0.3) is 5.92 Å². The van der Waals surface area contributed by atoms with Crippen molar-refractivity contribution in [2.75, 3.05) is 36.0 Å². The Bertz CT molecular complexity index is 1340. The summed E-state index contributed by atoms with van der Waals surface area (Å²) in [6, 6.07) is 5.71. The van der Waals surface area contributed by atoms with Crippen molar-refractivity contribution < 1.29 is 13.2 Å². The minimum absolute atomic E-state index is 0.106. The second-order valence-electron chi connectivity index (χ2n) is 11.0. The molecule has 3 fully saturated rings. The number of hydrogen-bond donors (Lipinski definition) is 0. The van der Waals surface area contributed by atoms with Crippen molar-refractivity contribution >= 4 is 23.5 Å². The largest absolute Gasteiger partial charge is 0.339 e. The van der Waals surface area contributed by atoms with Crippen molar-refractivity contribution in [2.45, 2.75) is 44.3 Å². The highest BCUT2D eigenvalue weighted by molar-refractivity contribution is 6.30. The predicted molar refractivity (Wildman–Crippen MR) is 127 cm³/mol. The van der Waals surface area contributed by atoms with Crippen LogP contribution in [0.3, 0.4) is 0 Å². The summed E-state index contributed by atoms with van der Waals surface area (Å²) >= 11 is 6.34. The van der Waals surface area contributed by atoms with Gasteiger partial charge in [0.05, 0.1) is 24.6 Å². The Hall–Kier alpha value is -2.92. The van der Waals surface area contributed by atoms with Crippen molar-refractivity contribution in [3.05, 3.63) is 52.8 Å². The molecule has 5 heterocycles. The molecule has 3 aliphatic heterocycles. The van der Waals surface area contributed by atoms with E-state index in [1.807, 2.05) is 30.0 Å². The normalized spacial score (nSPS) is 23.2. The summed E-state index contributed by atoms with van der Waals surface area (Å²) in [5.41, 5.74) is 1.40. The zero-order valence-electron chi connectivity index (χ0n) is 19.6. The molecule has 0 N–H and O–H groups in total. The molecule has 1 spiro atoms. The van der Waals surface area contributed by atoms with E-state index in [0.717, 1.165) is 49.2 Å². The second-order valence-corrected chi connectivity index (χ2v) is 11.4. The van der Waals surface area contributed by atoms with E-state index in [2.05, 4.69) is 34.5 Å². The van der Waals surface area contributed by atoms with Crippen LogP contribution < -0.4 is 9.80 Å². The Morgan fingerprint density at radius 2 is 1.64 bits per heavy atom. The maximum absolute atomic E-state index is 13.9. The summed E-state index contributed by atoms with van der Waals surface area (Å²) in [7, 11) is 0. The molecule has 0 unspecified atom stereocenters. The lowest BCUT2D eigenvalue weighted by Crippen LogP contribution is -2.73. The Morgan fingerprint density at radius 3 is 2.33 bits per heavy atom. The standard InChI is InChI=1S/C24H24ClF3N8/c1-22(9-24(27,28)10-22)35-7-15-4-16(25)2-3-18(15)36-19(8-35)31-32-21(36)34-13-23(14-34)11-33(12-23)20-29-5-17(26)6-30-20/h2-6H,7-14H2,1H3. The Labute approximate surface area is 210 Å². The summed E-state index contributed by atoms with van der Waals surface area (Å²) in [6.07, 6.45) is 2.04. The number of anilines is 2. The minimum Gasteiger partial charge on any atom is -0.339 e. The molecule has 8 nitrogen and oxygen atoms in total. The van der Waals surface area contributed by atoms with Gasteiger partial charge in [-0.3, -0.25) is 9.47 Å². The monoisotopic (exact) mass is 516 g/mol. The van der Waals surface area contributed by atoms with Gasteiger partial charge < -0.3 is 9.80 Å². The highest BCUT2D eigenvalue weighted by Crippen LogP contribution is 2.51. The van der Waals surface area contributed by atoms with Crippen LogP contribution in [-0.4, -0.2) is 67.3 Å². The number of alkyl halides is 2. The maximum Gasteiger partial charge on any atom is 0.251 e. The number of rotatable bonds is 3. The Kier molecular flexibility index (Phi) is 4.53. The average Bonchev–Trinajstić information content (AvgIpc) is 3.06. The van der Waals surface area contributed by atoms with Gasteiger partial charge in [-0.1, -0.05) is 11.6 Å². The van der Waals surface area contributed by atoms with Gasteiger partial charge >= 0.3 is 0 Å². The molecule has 0 amide bonds. The lowest BCUT2D eigenvalue weighted by molar-refractivity contribution is -0.173. The van der Waals surface area contributed by atoms with Crippen molar-refractivity contribution in [3.63, 3.8) is 0 Å². The maximum atomic E-state index is 13.9. The predicted octanol–water partition coefficient (Wildman–Crippen LogP) is 3.68. The van der Waals surface area contributed by atoms with Crippen LogP contribution in [0.2, 0.25) is 5.02 Å². The fourth-order valence-electron chi connectivity index (χ4n) is 6.34. The highest BCUT2D eigenvalue weighted by atomic mass is 35.5. The van der Waals surface area contributed by atoms with Crippen molar-refractivity contribution in [3.8, 4) is 5.69 Å². The van der Waals surface area contributed by atoms with Crippen molar-refractivity contribution in [2.24, 2.45) is 5.41 Å². The van der Waals surface area contributed by atoms with Gasteiger partial charge in [-0.2, -0.15) is 0 Å². The summed E-state index contributed by atoms with van der Waals surface area (Å²) in [6.45, 7) is 6.04. The lowest BCUT2D eigenvalue weighted by atomic mass is 9.73. The van der Waals surface area contributed by atoms with E-state index in [9.17, 15) is 13.2 Å². The fourth-order valence-corrected chi connectivity index (χ4v) is 6.53. The van der Waals surface area contributed by atoms with E-state index in [-0.39, 0.29) is 18.3 Å². The third kappa shape index (κ3) is 3.39. The molecule has 0 radical (unpaired) electrons. The second kappa shape index (κ2) is 7.32. The SMILES string of the molecule is CC1(N2Cc3cc(Cl)ccc3-n3c(nnc3N3CC4(CN(c5ncc(F)cn5)C4)C3)C2)CC(F)(F)C1. The van der Waals surface area contributed by atoms with E-state index in [1.54, 1.807) is 0 Å². The van der Waals surface area contributed by atoms with Crippen molar-refractivity contribution in [1.82, 2.24) is 29.6 Å². The lowest BCUT2D eigenvalue weighted by Gasteiger charge is -2.60. The molecule has 188 valence electrons. The van der Waals surface area contributed by atoms with Crippen LogP contribution in [0.15, 0.2) is 30.6 Å². The van der Waals surface area contributed by atoms with Gasteiger partial charge in [-0.05, 0) is 30.7 Å². The first-order valence-electron chi connectivity index (χ1n) is 12.0. The third-order valence-corrected chi connectivity index (χ3v) is 8.24. The first-order valence-corrected chi connectivity index (χ1v) is 12.3. The van der Waals surface area contributed by atoms with Gasteiger partial charge in [0.1, 0.15) is 0 Å². The molecule has 0 atom stereocenters. The number of hydrogen-bond acceptors (Lipinski definition) is 7. The topological polar surface area (TPSA) is 66.2 Å². The first-order chi connectivity index (χ1) is 17.1. The molecule has 12 heteroatoms. The molecule has 1 aliphatic carbocycles. The summed E-state index contributed by atoms with van der Waals surface area (Å²) < 4.78 is 42.9. The fraction of sp³-hybridized carbons (Fsp3) is 0.500. The Balaban J connectivity index is 1.14. The van der Waals surface area contributed by atoms with Crippen LogP contribution in [0.25, 0.3) is 5.69 Å². The highest BCUT2D eigenvalue weighted by Gasteiger charge is 2.57. The van der Waals surface area contributed by atoms with E-state index >= 15 is 0 Å². The molecular weight excluding hydrogens is 493 g/mol. The zero-order valence-corrected chi connectivity index (χ0v) is 20.4. The van der Waals surface area contributed by atoms with Gasteiger partial charge in [-0.25, -0.2) is 23.1 Å². The van der Waals surface area contributed by atoms with E-state index in [0.29, 0.717) is 24.1 Å². The number of aromatic nitrogens is 5. The van der Waals surface area contributed by atoms with Crippen LogP contribution >= 0.6 is 11.6 Å². The molecule has 0 bridgehead atoms. The van der Waals surface area contributed by atoms with Crippen LogP contribution in [-0.2, 0) is 13.1 Å².